The van der Waals surface area contributed by atoms with Crippen LogP contribution >= 0.6 is 0 Å². The SMILES string of the molecule is Cc1cc(C2CC2)c(C)c(O)c1C. The number of aryl methyl sites for hydroxylation is 1. The molecule has 0 unspecified atom stereocenters. The molecule has 0 bridgehead atoms. The summed E-state index contributed by atoms with van der Waals surface area (Å²) in [4.78, 5) is 0. The molecule has 1 fully saturated rings. The van der Waals surface area contributed by atoms with Crippen LogP contribution in [0.4, 0.5) is 0 Å². The van der Waals surface area contributed by atoms with Crippen LogP contribution in [0.3, 0.4) is 0 Å². The number of hydrogen-bond donors (Lipinski definition) is 1. The van der Waals surface area contributed by atoms with E-state index in [-0.39, 0.29) is 0 Å². The highest BCUT2D eigenvalue weighted by atomic mass is 16.3. The number of hydrogen-bond acceptors (Lipinski definition) is 1. The molecule has 1 nitrogen and oxygen atoms in total. The summed E-state index contributed by atoms with van der Waals surface area (Å²) in [6.45, 7) is 6.07. The van der Waals surface area contributed by atoms with Crippen molar-refractivity contribution >= 4 is 0 Å². The van der Waals surface area contributed by atoms with Crippen LogP contribution < -0.4 is 0 Å². The van der Waals surface area contributed by atoms with Crippen molar-refractivity contribution in [1.29, 1.82) is 0 Å². The molecular formula is C12H16O. The molecule has 0 aromatic heterocycles. The van der Waals surface area contributed by atoms with Crippen molar-refractivity contribution in [3.8, 4) is 5.75 Å². The molecule has 70 valence electrons. The molecule has 1 aliphatic rings. The molecule has 1 aromatic carbocycles. The Morgan fingerprint density at radius 1 is 1.15 bits per heavy atom. The number of aromatic hydroxyl groups is 1. The summed E-state index contributed by atoms with van der Waals surface area (Å²) in [5.41, 5.74) is 4.69. The van der Waals surface area contributed by atoms with Gasteiger partial charge in [0.15, 0.2) is 0 Å². The van der Waals surface area contributed by atoms with E-state index in [0.29, 0.717) is 5.75 Å². The maximum absolute atomic E-state index is 9.84. The topological polar surface area (TPSA) is 20.2 Å². The van der Waals surface area contributed by atoms with E-state index in [9.17, 15) is 5.11 Å². The molecule has 0 radical (unpaired) electrons. The van der Waals surface area contributed by atoms with Gasteiger partial charge in [-0.25, -0.2) is 0 Å². The van der Waals surface area contributed by atoms with Crippen LogP contribution in [0.5, 0.6) is 5.75 Å². The van der Waals surface area contributed by atoms with E-state index in [2.05, 4.69) is 13.0 Å². The van der Waals surface area contributed by atoms with Crippen LogP contribution in [0.15, 0.2) is 6.07 Å². The first-order chi connectivity index (χ1) is 6.11. The maximum atomic E-state index is 9.84. The van der Waals surface area contributed by atoms with Crippen molar-refractivity contribution in [2.24, 2.45) is 0 Å². The molecule has 1 heteroatoms. The Morgan fingerprint density at radius 2 is 1.77 bits per heavy atom. The van der Waals surface area contributed by atoms with Gasteiger partial charge >= 0.3 is 0 Å². The molecular weight excluding hydrogens is 160 g/mol. The Bertz CT molecular complexity index is 349. The molecule has 0 heterocycles. The number of phenols is 1. The average molecular weight is 176 g/mol. The first-order valence-electron chi connectivity index (χ1n) is 4.91. The van der Waals surface area contributed by atoms with Gasteiger partial charge in [0.2, 0.25) is 0 Å². The predicted molar refractivity (Wildman–Crippen MR) is 54.3 cm³/mol. The summed E-state index contributed by atoms with van der Waals surface area (Å²) >= 11 is 0. The molecule has 1 aliphatic carbocycles. The average Bonchev–Trinajstić information content (AvgIpc) is 2.91. The lowest BCUT2D eigenvalue weighted by Crippen LogP contribution is -1.92. The summed E-state index contributed by atoms with van der Waals surface area (Å²) < 4.78 is 0. The van der Waals surface area contributed by atoms with Crippen LogP contribution in [-0.4, -0.2) is 5.11 Å². The van der Waals surface area contributed by atoms with Crippen LogP contribution in [0.1, 0.15) is 41.0 Å². The monoisotopic (exact) mass is 176 g/mol. The standard InChI is InChI=1S/C12H16O/c1-7-6-11(10-4-5-10)9(3)12(13)8(7)2/h6,10,13H,4-5H2,1-3H3. The molecule has 1 N–H and O–H groups in total. The van der Waals surface area contributed by atoms with Gasteiger partial charge in [0.1, 0.15) is 5.75 Å². The van der Waals surface area contributed by atoms with Gasteiger partial charge in [-0.1, -0.05) is 6.07 Å². The van der Waals surface area contributed by atoms with Crippen molar-refractivity contribution in [3.63, 3.8) is 0 Å². The Hall–Kier alpha value is -0.980. The normalized spacial score (nSPS) is 16.2. The fraction of sp³-hybridized carbons (Fsp3) is 0.500. The van der Waals surface area contributed by atoms with Gasteiger partial charge in [-0.3, -0.25) is 0 Å². The number of rotatable bonds is 1. The lowest BCUT2D eigenvalue weighted by atomic mass is 9.96. The van der Waals surface area contributed by atoms with Crippen LogP contribution in [0.2, 0.25) is 0 Å². The predicted octanol–water partition coefficient (Wildman–Crippen LogP) is 3.19. The molecule has 0 spiro atoms. The number of phenolic OH excluding ortho intramolecular Hbond substituents is 1. The lowest BCUT2D eigenvalue weighted by Gasteiger charge is -2.11. The zero-order valence-electron chi connectivity index (χ0n) is 8.52. The zero-order valence-corrected chi connectivity index (χ0v) is 8.52. The molecule has 0 amide bonds. The molecule has 2 rings (SSSR count). The second kappa shape index (κ2) is 2.76. The van der Waals surface area contributed by atoms with Gasteiger partial charge < -0.3 is 5.11 Å². The van der Waals surface area contributed by atoms with Gasteiger partial charge in [0.25, 0.3) is 0 Å². The highest BCUT2D eigenvalue weighted by Gasteiger charge is 2.26. The third-order valence-electron chi connectivity index (χ3n) is 3.12. The Labute approximate surface area is 79.4 Å². The lowest BCUT2D eigenvalue weighted by molar-refractivity contribution is 0.465. The molecule has 1 aromatic rings. The van der Waals surface area contributed by atoms with E-state index >= 15 is 0 Å². The quantitative estimate of drug-likeness (QED) is 0.696. The van der Waals surface area contributed by atoms with E-state index in [1.54, 1.807) is 0 Å². The van der Waals surface area contributed by atoms with Gasteiger partial charge in [-0.2, -0.15) is 0 Å². The Balaban J connectivity index is 2.58. The minimum atomic E-state index is 0.502. The first-order valence-corrected chi connectivity index (χ1v) is 4.91. The minimum Gasteiger partial charge on any atom is -0.507 e. The van der Waals surface area contributed by atoms with Crippen molar-refractivity contribution < 1.29 is 5.11 Å². The van der Waals surface area contributed by atoms with Gasteiger partial charge in [0, 0.05) is 0 Å². The van der Waals surface area contributed by atoms with Crippen LogP contribution in [-0.2, 0) is 0 Å². The Kier molecular flexibility index (Phi) is 1.83. The van der Waals surface area contributed by atoms with Crippen LogP contribution in [0.25, 0.3) is 0 Å². The highest BCUT2D eigenvalue weighted by molar-refractivity contribution is 5.50. The summed E-state index contributed by atoms with van der Waals surface area (Å²) in [6.07, 6.45) is 2.59. The smallest absolute Gasteiger partial charge is 0.121 e. The molecule has 0 saturated heterocycles. The molecule has 1 saturated carbocycles. The van der Waals surface area contributed by atoms with E-state index in [0.717, 1.165) is 17.0 Å². The molecule has 0 aliphatic heterocycles. The second-order valence-corrected chi connectivity index (χ2v) is 4.16. The summed E-state index contributed by atoms with van der Waals surface area (Å²) in [5, 5.41) is 9.84. The van der Waals surface area contributed by atoms with Crippen molar-refractivity contribution in [2.45, 2.75) is 39.5 Å². The third kappa shape index (κ3) is 1.32. The molecule has 13 heavy (non-hydrogen) atoms. The zero-order chi connectivity index (χ0) is 9.59. The van der Waals surface area contributed by atoms with Crippen molar-refractivity contribution in [1.82, 2.24) is 0 Å². The fourth-order valence-electron chi connectivity index (χ4n) is 1.87. The summed E-state index contributed by atoms with van der Waals surface area (Å²) in [6, 6.07) is 2.24. The van der Waals surface area contributed by atoms with E-state index in [4.69, 9.17) is 0 Å². The largest absolute Gasteiger partial charge is 0.507 e. The second-order valence-electron chi connectivity index (χ2n) is 4.16. The van der Waals surface area contributed by atoms with Gasteiger partial charge in [-0.05, 0) is 61.8 Å². The third-order valence-corrected chi connectivity index (χ3v) is 3.12. The number of benzene rings is 1. The van der Waals surface area contributed by atoms with Gasteiger partial charge in [0.05, 0.1) is 0 Å². The fourth-order valence-corrected chi connectivity index (χ4v) is 1.87. The highest BCUT2D eigenvalue weighted by Crippen LogP contribution is 2.44. The van der Waals surface area contributed by atoms with Crippen LogP contribution in [0, 0.1) is 20.8 Å². The first kappa shape index (κ1) is 8.61. The van der Waals surface area contributed by atoms with Crippen molar-refractivity contribution in [2.75, 3.05) is 0 Å². The van der Waals surface area contributed by atoms with Crippen molar-refractivity contribution in [3.05, 3.63) is 28.3 Å². The van der Waals surface area contributed by atoms with E-state index < -0.39 is 0 Å². The molecule has 0 atom stereocenters. The van der Waals surface area contributed by atoms with E-state index in [1.165, 1.54) is 24.0 Å². The minimum absolute atomic E-state index is 0.502. The summed E-state index contributed by atoms with van der Waals surface area (Å²) in [7, 11) is 0. The van der Waals surface area contributed by atoms with E-state index in [1.807, 2.05) is 13.8 Å². The Morgan fingerprint density at radius 3 is 2.31 bits per heavy atom. The summed E-state index contributed by atoms with van der Waals surface area (Å²) in [5.74, 6) is 1.23. The van der Waals surface area contributed by atoms with Gasteiger partial charge in [-0.15, -0.1) is 0 Å². The maximum Gasteiger partial charge on any atom is 0.121 e.